The van der Waals surface area contributed by atoms with E-state index in [4.69, 9.17) is 37.9 Å². The van der Waals surface area contributed by atoms with Gasteiger partial charge in [0.25, 0.3) is 0 Å². The van der Waals surface area contributed by atoms with E-state index in [0.717, 1.165) is 27.9 Å². The minimum atomic E-state index is -1.60. The maximum Gasteiger partial charge on any atom is 0.339 e. The van der Waals surface area contributed by atoms with Gasteiger partial charge in [0.05, 0.1) is 7.11 Å². The topological polar surface area (TPSA) is 176 Å². The van der Waals surface area contributed by atoms with Crippen molar-refractivity contribution in [3.05, 3.63) is 53.6 Å². The van der Waals surface area contributed by atoms with Crippen LogP contribution < -0.4 is 14.2 Å². The Hall–Kier alpha value is -5.24. The lowest BCUT2D eigenvalue weighted by atomic mass is 9.97. The van der Waals surface area contributed by atoms with Crippen molar-refractivity contribution in [2.75, 3.05) is 7.11 Å². The monoisotopic (exact) mass is 628 g/mol. The van der Waals surface area contributed by atoms with E-state index in [9.17, 15) is 28.8 Å². The van der Waals surface area contributed by atoms with Gasteiger partial charge in [-0.25, -0.2) is 4.79 Å². The van der Waals surface area contributed by atoms with Crippen molar-refractivity contribution >= 4 is 48.0 Å². The molecule has 5 atom stereocenters. The molecule has 1 aliphatic rings. The zero-order chi connectivity index (χ0) is 33.3. The molecule has 2 aromatic rings. The Morgan fingerprint density at radius 1 is 0.600 bits per heavy atom. The lowest BCUT2D eigenvalue weighted by molar-refractivity contribution is -0.282. The molecule has 0 amide bonds. The molecule has 1 aliphatic heterocycles. The second-order valence-corrected chi connectivity index (χ2v) is 9.62. The van der Waals surface area contributed by atoms with Crippen LogP contribution in [0.2, 0.25) is 0 Å². The molecule has 3 rings (SSSR count). The first-order valence-electron chi connectivity index (χ1n) is 13.5. The molecule has 45 heavy (non-hydrogen) atoms. The molecule has 1 saturated heterocycles. The molecule has 0 unspecified atom stereocenters. The van der Waals surface area contributed by atoms with E-state index in [1.807, 2.05) is 0 Å². The number of carbonyl (C=O) groups excluding carboxylic acids is 6. The summed E-state index contributed by atoms with van der Waals surface area (Å²) in [5, 5.41) is 0. The zero-order valence-electron chi connectivity index (χ0n) is 25.3. The third kappa shape index (κ3) is 10.2. The van der Waals surface area contributed by atoms with Crippen LogP contribution in [0.5, 0.6) is 17.2 Å². The van der Waals surface area contributed by atoms with Gasteiger partial charge in [0, 0.05) is 40.7 Å². The van der Waals surface area contributed by atoms with Gasteiger partial charge in [-0.3, -0.25) is 24.0 Å². The average Bonchev–Trinajstić information content (AvgIpc) is 2.93. The van der Waals surface area contributed by atoms with Crippen LogP contribution in [0.25, 0.3) is 12.2 Å². The number of esters is 6. The van der Waals surface area contributed by atoms with Gasteiger partial charge in [0.2, 0.25) is 12.4 Å². The summed E-state index contributed by atoms with van der Waals surface area (Å²) in [5.74, 6) is -3.88. The van der Waals surface area contributed by atoms with Crippen LogP contribution in [0.3, 0.4) is 0 Å². The third-order valence-corrected chi connectivity index (χ3v) is 5.86. The fourth-order valence-corrected chi connectivity index (χ4v) is 4.30. The second kappa shape index (κ2) is 15.5. The number of benzene rings is 2. The summed E-state index contributed by atoms with van der Waals surface area (Å²) >= 11 is 0. The normalized spacial score (nSPS) is 20.8. The van der Waals surface area contributed by atoms with Crippen LogP contribution >= 0.6 is 0 Å². The third-order valence-electron chi connectivity index (χ3n) is 5.86. The minimum Gasteiger partial charge on any atom is -0.467 e. The number of hydrogen-bond acceptors (Lipinski definition) is 14. The van der Waals surface area contributed by atoms with Crippen molar-refractivity contribution in [2.45, 2.75) is 65.3 Å². The highest BCUT2D eigenvalue weighted by molar-refractivity contribution is 5.77. The van der Waals surface area contributed by atoms with E-state index in [2.05, 4.69) is 0 Å². The van der Waals surface area contributed by atoms with Crippen LogP contribution in [-0.4, -0.2) is 73.6 Å². The summed E-state index contributed by atoms with van der Waals surface area (Å²) in [6.07, 6.45) is -4.14. The Balaban J connectivity index is 1.88. The minimum absolute atomic E-state index is 0.188. The number of hydrogen-bond donors (Lipinski definition) is 0. The van der Waals surface area contributed by atoms with Crippen LogP contribution in [0.15, 0.2) is 42.5 Å². The maximum atomic E-state index is 12.6. The van der Waals surface area contributed by atoms with E-state index in [1.165, 1.54) is 19.9 Å². The van der Waals surface area contributed by atoms with E-state index in [0.29, 0.717) is 11.1 Å². The first-order chi connectivity index (χ1) is 21.2. The van der Waals surface area contributed by atoms with Gasteiger partial charge in [0.1, 0.15) is 17.2 Å². The summed E-state index contributed by atoms with van der Waals surface area (Å²) < 4.78 is 42.7. The van der Waals surface area contributed by atoms with Crippen molar-refractivity contribution in [2.24, 2.45) is 0 Å². The maximum absolute atomic E-state index is 12.6. The van der Waals surface area contributed by atoms with Crippen molar-refractivity contribution < 1.29 is 66.7 Å². The van der Waals surface area contributed by atoms with Gasteiger partial charge in [-0.1, -0.05) is 24.3 Å². The Labute approximate surface area is 258 Å². The molecule has 1 fully saturated rings. The molecule has 0 saturated carbocycles. The molecule has 0 spiro atoms. The molecule has 1 heterocycles. The summed E-state index contributed by atoms with van der Waals surface area (Å²) in [6, 6.07) is 11.0. The molecule has 0 radical (unpaired) electrons. The molecule has 14 nitrogen and oxygen atoms in total. The summed E-state index contributed by atoms with van der Waals surface area (Å²) in [4.78, 5) is 71.2. The molecule has 14 heteroatoms. The SMILES string of the molecule is COC(=O)[C@H]1O[C@@H](Oc2ccc(/C=C\c3cc(OC(C)=O)cc(OC(C)=O)c3)cc2)[C@H](OC(C)=O)[C@@H](OC(C)=O)[C@@H]1OC(C)=O. The number of methoxy groups -OCH3 is 1. The quantitative estimate of drug-likeness (QED) is 0.162. The Bertz CT molecular complexity index is 1430. The fourth-order valence-electron chi connectivity index (χ4n) is 4.30. The Morgan fingerprint density at radius 2 is 1.09 bits per heavy atom. The van der Waals surface area contributed by atoms with Crippen molar-refractivity contribution in [1.82, 2.24) is 0 Å². The predicted molar refractivity (Wildman–Crippen MR) is 152 cm³/mol. The largest absolute Gasteiger partial charge is 0.467 e. The molecule has 0 N–H and O–H groups in total. The lowest BCUT2D eigenvalue weighted by Crippen LogP contribution is -2.64. The van der Waals surface area contributed by atoms with Crippen molar-refractivity contribution in [1.29, 1.82) is 0 Å². The van der Waals surface area contributed by atoms with Crippen molar-refractivity contribution in [3.8, 4) is 17.2 Å². The Kier molecular flexibility index (Phi) is 11.8. The molecule has 0 aliphatic carbocycles. The Morgan fingerprint density at radius 3 is 1.58 bits per heavy atom. The van der Waals surface area contributed by atoms with Gasteiger partial charge < -0.3 is 37.9 Å². The number of rotatable bonds is 10. The smallest absolute Gasteiger partial charge is 0.339 e. The highest BCUT2D eigenvalue weighted by atomic mass is 16.7. The molecular formula is C31H32O14. The fraction of sp³-hybridized carbons (Fsp3) is 0.355. The molecule has 240 valence electrons. The average molecular weight is 629 g/mol. The van der Waals surface area contributed by atoms with Gasteiger partial charge >= 0.3 is 35.8 Å². The summed E-state index contributed by atoms with van der Waals surface area (Å²) in [7, 11) is 1.08. The molecule has 0 aromatic heterocycles. The second-order valence-electron chi connectivity index (χ2n) is 9.62. The molecular weight excluding hydrogens is 596 g/mol. The lowest BCUT2D eigenvalue weighted by Gasteiger charge is -2.43. The predicted octanol–water partition coefficient (Wildman–Crippen LogP) is 2.78. The zero-order valence-corrected chi connectivity index (χ0v) is 25.3. The van der Waals surface area contributed by atoms with E-state index in [-0.39, 0.29) is 17.2 Å². The van der Waals surface area contributed by atoms with Gasteiger partial charge in [-0.2, -0.15) is 0 Å². The van der Waals surface area contributed by atoms with Crippen LogP contribution in [0, 0.1) is 0 Å². The standard InChI is InChI=1S/C31H32O14/c1-16(32)39-24-13-22(14-25(15-24)40-17(2)33)8-7-21-9-11-23(12-10-21)44-31-29(43-20(5)36)27(42-19(4)35)26(41-18(3)34)28(45-31)30(37)38-6/h7-15,26-29,31H,1-6H3/b8-7-/t26-,27-,28-,29+,31+/m0/s1. The molecule has 0 bridgehead atoms. The highest BCUT2D eigenvalue weighted by Crippen LogP contribution is 2.32. The van der Waals surface area contributed by atoms with Crippen molar-refractivity contribution in [3.63, 3.8) is 0 Å². The van der Waals surface area contributed by atoms with E-state index < -0.39 is 66.5 Å². The highest BCUT2D eigenvalue weighted by Gasteiger charge is 2.55. The van der Waals surface area contributed by atoms with E-state index in [1.54, 1.807) is 48.6 Å². The first kappa shape index (κ1) is 34.3. The first-order valence-corrected chi connectivity index (χ1v) is 13.5. The molecule has 2 aromatic carbocycles. The van der Waals surface area contributed by atoms with Gasteiger partial charge in [-0.15, -0.1) is 0 Å². The van der Waals surface area contributed by atoms with Crippen LogP contribution in [0.1, 0.15) is 45.7 Å². The van der Waals surface area contributed by atoms with E-state index >= 15 is 0 Å². The summed E-state index contributed by atoms with van der Waals surface area (Å²) in [6.45, 7) is 5.76. The summed E-state index contributed by atoms with van der Waals surface area (Å²) in [5.41, 5.74) is 1.26. The van der Waals surface area contributed by atoms with Crippen LogP contribution in [-0.2, 0) is 52.5 Å². The van der Waals surface area contributed by atoms with Gasteiger partial charge in [0.15, 0.2) is 18.3 Å². The number of carbonyl (C=O) groups is 6. The van der Waals surface area contributed by atoms with Crippen LogP contribution in [0.4, 0.5) is 0 Å². The van der Waals surface area contributed by atoms with Gasteiger partial charge in [-0.05, 0) is 35.4 Å². The number of ether oxygens (including phenoxy) is 8.